The minimum absolute atomic E-state index is 0.678. The van der Waals surface area contributed by atoms with Crippen LogP contribution in [-0.2, 0) is 11.3 Å². The molecule has 0 fully saturated rings. The van der Waals surface area contributed by atoms with Crippen LogP contribution in [0.1, 0.15) is 31.4 Å². The van der Waals surface area contributed by atoms with Gasteiger partial charge in [0, 0.05) is 0 Å². The molecular formula is C12H19NO. The fraction of sp³-hybridized carbons (Fsp3) is 0.500. The van der Waals surface area contributed by atoms with Crippen LogP contribution < -0.4 is 5.48 Å². The Kier molecular flexibility index (Phi) is 4.47. The number of rotatable bonds is 5. The molecule has 14 heavy (non-hydrogen) atoms. The predicted octanol–water partition coefficient (Wildman–Crippen LogP) is 3.31. The third-order valence-corrected chi connectivity index (χ3v) is 2.17. The Morgan fingerprint density at radius 3 is 2.71 bits per heavy atom. The summed E-state index contributed by atoms with van der Waals surface area (Å²) >= 11 is 0. The van der Waals surface area contributed by atoms with E-state index in [-0.39, 0.29) is 0 Å². The van der Waals surface area contributed by atoms with Crippen LogP contribution in [0.15, 0.2) is 18.2 Å². The van der Waals surface area contributed by atoms with Crippen molar-refractivity contribution >= 4 is 5.69 Å². The molecule has 0 spiro atoms. The van der Waals surface area contributed by atoms with E-state index >= 15 is 0 Å². The van der Waals surface area contributed by atoms with Crippen molar-refractivity contribution in [3.05, 3.63) is 29.3 Å². The van der Waals surface area contributed by atoms with Crippen LogP contribution in [0, 0.1) is 6.92 Å². The molecule has 0 unspecified atom stereocenters. The van der Waals surface area contributed by atoms with Gasteiger partial charge in [0.05, 0.1) is 12.3 Å². The molecule has 0 radical (unpaired) electrons. The molecule has 78 valence electrons. The van der Waals surface area contributed by atoms with Gasteiger partial charge in [0.25, 0.3) is 0 Å². The fourth-order valence-corrected chi connectivity index (χ4v) is 1.37. The summed E-state index contributed by atoms with van der Waals surface area (Å²) in [7, 11) is 0. The molecule has 0 saturated carbocycles. The van der Waals surface area contributed by atoms with Gasteiger partial charge in [-0.15, -0.1) is 0 Å². The molecule has 0 saturated heterocycles. The van der Waals surface area contributed by atoms with Crippen LogP contribution in [0.5, 0.6) is 0 Å². The van der Waals surface area contributed by atoms with E-state index in [2.05, 4.69) is 37.5 Å². The Hall–Kier alpha value is -1.02. The standard InChI is InChI=1S/C12H19NO/c1-4-6-11-8-7-10(3)12(9-11)13-14-5-2/h7-9,13H,4-6H2,1-3H3. The first kappa shape index (κ1) is 11.1. The second-order valence-corrected chi connectivity index (χ2v) is 3.43. The molecule has 0 bridgehead atoms. The zero-order chi connectivity index (χ0) is 10.4. The van der Waals surface area contributed by atoms with E-state index in [0.717, 1.165) is 12.1 Å². The topological polar surface area (TPSA) is 21.3 Å². The van der Waals surface area contributed by atoms with E-state index in [0.29, 0.717) is 6.61 Å². The Labute approximate surface area is 86.2 Å². The van der Waals surface area contributed by atoms with E-state index in [1.54, 1.807) is 0 Å². The Morgan fingerprint density at radius 1 is 1.29 bits per heavy atom. The maximum Gasteiger partial charge on any atom is 0.0717 e. The molecule has 1 aromatic rings. The fourth-order valence-electron chi connectivity index (χ4n) is 1.37. The van der Waals surface area contributed by atoms with Crippen LogP contribution in [0.4, 0.5) is 5.69 Å². The summed E-state index contributed by atoms with van der Waals surface area (Å²) in [6, 6.07) is 6.47. The molecule has 0 aliphatic rings. The van der Waals surface area contributed by atoms with Crippen LogP contribution in [0.3, 0.4) is 0 Å². The molecular weight excluding hydrogens is 174 g/mol. The molecule has 0 aliphatic carbocycles. The molecule has 1 N–H and O–H groups in total. The highest BCUT2D eigenvalue weighted by atomic mass is 16.6. The van der Waals surface area contributed by atoms with Crippen molar-refractivity contribution < 1.29 is 4.84 Å². The second-order valence-electron chi connectivity index (χ2n) is 3.43. The number of anilines is 1. The second kappa shape index (κ2) is 5.66. The minimum Gasteiger partial charge on any atom is -0.276 e. The lowest BCUT2D eigenvalue weighted by Crippen LogP contribution is -2.02. The van der Waals surface area contributed by atoms with Crippen molar-refractivity contribution in [2.75, 3.05) is 12.1 Å². The van der Waals surface area contributed by atoms with Crippen LogP contribution >= 0.6 is 0 Å². The average molecular weight is 193 g/mol. The Bertz CT molecular complexity index is 284. The third kappa shape index (κ3) is 3.04. The number of benzene rings is 1. The van der Waals surface area contributed by atoms with Gasteiger partial charge in [0.2, 0.25) is 0 Å². The molecule has 0 atom stereocenters. The molecule has 0 heterocycles. The normalized spacial score (nSPS) is 10.2. The van der Waals surface area contributed by atoms with Gasteiger partial charge in [-0.2, -0.15) is 0 Å². The quantitative estimate of drug-likeness (QED) is 0.724. The first-order valence-corrected chi connectivity index (χ1v) is 5.25. The van der Waals surface area contributed by atoms with E-state index in [4.69, 9.17) is 4.84 Å². The average Bonchev–Trinajstić information content (AvgIpc) is 2.19. The molecule has 0 amide bonds. The first-order valence-electron chi connectivity index (χ1n) is 5.25. The number of nitrogens with one attached hydrogen (secondary N) is 1. The van der Waals surface area contributed by atoms with Crippen molar-refractivity contribution in [3.8, 4) is 0 Å². The highest BCUT2D eigenvalue weighted by Gasteiger charge is 1.99. The van der Waals surface area contributed by atoms with Gasteiger partial charge in [-0.05, 0) is 37.5 Å². The maximum absolute atomic E-state index is 5.18. The van der Waals surface area contributed by atoms with Crippen LogP contribution in [0.2, 0.25) is 0 Å². The summed E-state index contributed by atoms with van der Waals surface area (Å²) in [4.78, 5) is 5.18. The lowest BCUT2D eigenvalue weighted by Gasteiger charge is -2.10. The molecule has 0 aromatic heterocycles. The summed E-state index contributed by atoms with van der Waals surface area (Å²) < 4.78 is 0. The summed E-state index contributed by atoms with van der Waals surface area (Å²) in [5, 5.41) is 0. The summed E-state index contributed by atoms with van der Waals surface area (Å²) in [6.07, 6.45) is 2.30. The number of hydrogen-bond acceptors (Lipinski definition) is 2. The maximum atomic E-state index is 5.18. The largest absolute Gasteiger partial charge is 0.276 e. The Balaban J connectivity index is 2.74. The highest BCUT2D eigenvalue weighted by Crippen LogP contribution is 2.17. The van der Waals surface area contributed by atoms with Crippen molar-refractivity contribution in [1.29, 1.82) is 0 Å². The highest BCUT2D eigenvalue weighted by molar-refractivity contribution is 5.51. The van der Waals surface area contributed by atoms with Crippen molar-refractivity contribution in [1.82, 2.24) is 0 Å². The lowest BCUT2D eigenvalue weighted by molar-refractivity contribution is 0.210. The SMILES string of the molecule is CCCc1ccc(C)c(NOCC)c1. The summed E-state index contributed by atoms with van der Waals surface area (Å²) in [5.41, 5.74) is 6.62. The molecule has 0 aliphatic heterocycles. The first-order chi connectivity index (χ1) is 6.77. The van der Waals surface area contributed by atoms with Crippen molar-refractivity contribution in [2.45, 2.75) is 33.6 Å². The van der Waals surface area contributed by atoms with Gasteiger partial charge in [-0.1, -0.05) is 25.5 Å². The van der Waals surface area contributed by atoms with Gasteiger partial charge >= 0.3 is 0 Å². The third-order valence-electron chi connectivity index (χ3n) is 2.17. The van der Waals surface area contributed by atoms with Crippen LogP contribution in [0.25, 0.3) is 0 Å². The van der Waals surface area contributed by atoms with Gasteiger partial charge in [0.15, 0.2) is 0 Å². The zero-order valence-corrected chi connectivity index (χ0v) is 9.26. The lowest BCUT2D eigenvalue weighted by atomic mass is 10.1. The summed E-state index contributed by atoms with van der Waals surface area (Å²) in [5.74, 6) is 0. The summed E-state index contributed by atoms with van der Waals surface area (Å²) in [6.45, 7) is 6.92. The van der Waals surface area contributed by atoms with E-state index in [1.165, 1.54) is 17.5 Å². The van der Waals surface area contributed by atoms with Crippen molar-refractivity contribution in [2.24, 2.45) is 0 Å². The smallest absolute Gasteiger partial charge is 0.0717 e. The van der Waals surface area contributed by atoms with Gasteiger partial charge < -0.3 is 0 Å². The monoisotopic (exact) mass is 193 g/mol. The van der Waals surface area contributed by atoms with Crippen molar-refractivity contribution in [3.63, 3.8) is 0 Å². The molecule has 1 aromatic carbocycles. The van der Waals surface area contributed by atoms with E-state index < -0.39 is 0 Å². The van der Waals surface area contributed by atoms with E-state index in [1.807, 2.05) is 6.92 Å². The van der Waals surface area contributed by atoms with Gasteiger partial charge in [-0.25, -0.2) is 0 Å². The number of aryl methyl sites for hydroxylation is 2. The van der Waals surface area contributed by atoms with Gasteiger partial charge in [0.1, 0.15) is 0 Å². The molecule has 1 rings (SSSR count). The van der Waals surface area contributed by atoms with Gasteiger partial charge in [-0.3, -0.25) is 10.3 Å². The molecule has 2 heteroatoms. The zero-order valence-electron chi connectivity index (χ0n) is 9.26. The Morgan fingerprint density at radius 2 is 2.07 bits per heavy atom. The number of hydrogen-bond donors (Lipinski definition) is 1. The minimum atomic E-state index is 0.678. The van der Waals surface area contributed by atoms with Crippen LogP contribution in [-0.4, -0.2) is 6.61 Å². The van der Waals surface area contributed by atoms with E-state index in [9.17, 15) is 0 Å². The molecule has 2 nitrogen and oxygen atoms in total. The predicted molar refractivity (Wildman–Crippen MR) is 60.4 cm³/mol.